The lowest BCUT2D eigenvalue weighted by Crippen LogP contribution is -2.38. The van der Waals surface area contributed by atoms with E-state index in [0.29, 0.717) is 0 Å². The highest BCUT2D eigenvalue weighted by atomic mass is 16.2. The van der Waals surface area contributed by atoms with E-state index in [4.69, 9.17) is 0 Å². The summed E-state index contributed by atoms with van der Waals surface area (Å²) >= 11 is 0. The molecule has 17 heavy (non-hydrogen) atoms. The Bertz CT molecular complexity index is 399. The van der Waals surface area contributed by atoms with Crippen LogP contribution in [0, 0.1) is 12.8 Å². The number of amides is 1. The van der Waals surface area contributed by atoms with Crippen molar-refractivity contribution in [3.05, 3.63) is 29.8 Å². The van der Waals surface area contributed by atoms with Crippen LogP contribution in [0.25, 0.3) is 0 Å². The molecule has 1 aromatic rings. The maximum atomic E-state index is 12.3. The predicted octanol–water partition coefficient (Wildman–Crippen LogP) is 1.96. The highest BCUT2D eigenvalue weighted by molar-refractivity contribution is 5.95. The molecule has 3 heteroatoms. The first kappa shape index (κ1) is 12.1. The molecule has 1 N–H and O–H groups in total. The Labute approximate surface area is 103 Å². The molecule has 1 fully saturated rings. The number of anilines is 1. The Hall–Kier alpha value is -1.35. The van der Waals surface area contributed by atoms with Crippen LogP contribution in [0.4, 0.5) is 5.69 Å². The molecule has 1 saturated heterocycles. The van der Waals surface area contributed by atoms with Crippen LogP contribution in [0.5, 0.6) is 0 Å². The number of benzene rings is 1. The standard InChI is InChI=1S/C14H20N2O/c1-10-4-6-12(7-5-10)16(3)14(17)13-8-9-15-11(13)2/h4-7,11,13,15H,8-9H2,1-3H3. The van der Waals surface area contributed by atoms with Crippen molar-refractivity contribution in [1.82, 2.24) is 5.32 Å². The molecule has 1 aliphatic rings. The second-order valence-electron chi connectivity index (χ2n) is 4.87. The average Bonchev–Trinajstić information content (AvgIpc) is 2.74. The van der Waals surface area contributed by atoms with Gasteiger partial charge in [-0.25, -0.2) is 0 Å². The number of hydrogen-bond acceptors (Lipinski definition) is 2. The SMILES string of the molecule is Cc1ccc(N(C)C(=O)C2CCNC2C)cc1. The highest BCUT2D eigenvalue weighted by Gasteiger charge is 2.31. The van der Waals surface area contributed by atoms with E-state index in [9.17, 15) is 4.79 Å². The lowest BCUT2D eigenvalue weighted by molar-refractivity contribution is -0.122. The first-order valence-electron chi connectivity index (χ1n) is 6.17. The molecular formula is C14H20N2O. The van der Waals surface area contributed by atoms with E-state index in [-0.39, 0.29) is 17.9 Å². The maximum Gasteiger partial charge on any atom is 0.231 e. The van der Waals surface area contributed by atoms with Crippen LogP contribution in [-0.2, 0) is 4.79 Å². The van der Waals surface area contributed by atoms with Crippen molar-refractivity contribution in [2.24, 2.45) is 5.92 Å². The molecule has 0 spiro atoms. The van der Waals surface area contributed by atoms with Crippen molar-refractivity contribution < 1.29 is 4.79 Å². The highest BCUT2D eigenvalue weighted by Crippen LogP contribution is 2.21. The third-order valence-corrected chi connectivity index (χ3v) is 3.59. The first-order valence-corrected chi connectivity index (χ1v) is 6.17. The summed E-state index contributed by atoms with van der Waals surface area (Å²) in [5.74, 6) is 0.327. The minimum absolute atomic E-state index is 0.112. The zero-order valence-electron chi connectivity index (χ0n) is 10.7. The molecule has 92 valence electrons. The van der Waals surface area contributed by atoms with Crippen molar-refractivity contribution in [2.75, 3.05) is 18.5 Å². The van der Waals surface area contributed by atoms with E-state index in [2.05, 4.69) is 19.2 Å². The van der Waals surface area contributed by atoms with Gasteiger partial charge in [0.1, 0.15) is 0 Å². The fourth-order valence-electron chi connectivity index (χ4n) is 2.34. The van der Waals surface area contributed by atoms with Gasteiger partial charge in [0, 0.05) is 18.8 Å². The van der Waals surface area contributed by atoms with Gasteiger partial charge in [-0.15, -0.1) is 0 Å². The van der Waals surface area contributed by atoms with Gasteiger partial charge in [-0.05, 0) is 38.9 Å². The fourth-order valence-corrected chi connectivity index (χ4v) is 2.34. The molecule has 0 aliphatic carbocycles. The predicted molar refractivity (Wildman–Crippen MR) is 70.2 cm³/mol. The normalized spacial score (nSPS) is 23.7. The Balaban J connectivity index is 2.11. The van der Waals surface area contributed by atoms with E-state index in [1.54, 1.807) is 4.90 Å². The van der Waals surface area contributed by atoms with Crippen LogP contribution in [0.2, 0.25) is 0 Å². The Morgan fingerprint density at radius 1 is 1.35 bits per heavy atom. The zero-order valence-corrected chi connectivity index (χ0v) is 10.7. The minimum Gasteiger partial charge on any atom is -0.315 e. The summed E-state index contributed by atoms with van der Waals surface area (Å²) in [5.41, 5.74) is 2.19. The number of aryl methyl sites for hydroxylation is 1. The number of rotatable bonds is 2. The molecule has 1 aliphatic heterocycles. The molecule has 2 rings (SSSR count). The fraction of sp³-hybridized carbons (Fsp3) is 0.500. The van der Waals surface area contributed by atoms with Gasteiger partial charge in [-0.1, -0.05) is 17.7 Å². The summed E-state index contributed by atoms with van der Waals surface area (Å²) in [6, 6.07) is 8.36. The Morgan fingerprint density at radius 2 is 2.00 bits per heavy atom. The third kappa shape index (κ3) is 2.50. The molecule has 0 saturated carbocycles. The molecule has 2 atom stereocenters. The zero-order chi connectivity index (χ0) is 12.4. The van der Waals surface area contributed by atoms with Gasteiger partial charge in [0.25, 0.3) is 0 Å². The average molecular weight is 232 g/mol. The van der Waals surface area contributed by atoms with Crippen molar-refractivity contribution in [2.45, 2.75) is 26.3 Å². The third-order valence-electron chi connectivity index (χ3n) is 3.59. The molecule has 0 bridgehead atoms. The topological polar surface area (TPSA) is 32.3 Å². The summed E-state index contributed by atoms with van der Waals surface area (Å²) < 4.78 is 0. The summed E-state index contributed by atoms with van der Waals surface area (Å²) in [5, 5.41) is 3.32. The van der Waals surface area contributed by atoms with E-state index < -0.39 is 0 Å². The van der Waals surface area contributed by atoms with Crippen molar-refractivity contribution in [3.8, 4) is 0 Å². The lowest BCUT2D eigenvalue weighted by atomic mass is 10.0. The molecule has 1 amide bonds. The molecule has 3 nitrogen and oxygen atoms in total. The number of nitrogens with zero attached hydrogens (tertiary/aromatic N) is 1. The van der Waals surface area contributed by atoms with Crippen LogP contribution < -0.4 is 10.2 Å². The van der Waals surface area contributed by atoms with E-state index in [1.807, 2.05) is 31.3 Å². The number of carbonyl (C=O) groups is 1. The monoisotopic (exact) mass is 232 g/mol. The molecule has 0 radical (unpaired) electrons. The smallest absolute Gasteiger partial charge is 0.231 e. The minimum atomic E-state index is 0.112. The summed E-state index contributed by atoms with van der Waals surface area (Å²) in [6.45, 7) is 5.08. The lowest BCUT2D eigenvalue weighted by Gasteiger charge is -2.23. The van der Waals surface area contributed by atoms with Gasteiger partial charge in [-0.3, -0.25) is 4.79 Å². The molecular weight excluding hydrogens is 212 g/mol. The molecule has 0 aromatic heterocycles. The summed E-state index contributed by atoms with van der Waals surface area (Å²) in [4.78, 5) is 14.1. The van der Waals surface area contributed by atoms with Gasteiger partial charge >= 0.3 is 0 Å². The van der Waals surface area contributed by atoms with Crippen LogP contribution in [-0.4, -0.2) is 25.5 Å². The van der Waals surface area contributed by atoms with Gasteiger partial charge in [0.2, 0.25) is 5.91 Å². The van der Waals surface area contributed by atoms with Gasteiger partial charge in [0.15, 0.2) is 0 Å². The second kappa shape index (κ2) is 4.88. The quantitative estimate of drug-likeness (QED) is 0.845. The maximum absolute atomic E-state index is 12.3. The first-order chi connectivity index (χ1) is 8.09. The number of carbonyl (C=O) groups excluding carboxylic acids is 1. The number of nitrogens with one attached hydrogen (secondary N) is 1. The van der Waals surface area contributed by atoms with Gasteiger partial charge < -0.3 is 10.2 Å². The van der Waals surface area contributed by atoms with E-state index in [0.717, 1.165) is 18.7 Å². The van der Waals surface area contributed by atoms with Crippen molar-refractivity contribution in [1.29, 1.82) is 0 Å². The molecule has 1 aromatic carbocycles. The Morgan fingerprint density at radius 3 is 2.53 bits per heavy atom. The van der Waals surface area contributed by atoms with Crippen LogP contribution in [0.15, 0.2) is 24.3 Å². The largest absolute Gasteiger partial charge is 0.315 e. The van der Waals surface area contributed by atoms with E-state index >= 15 is 0 Å². The van der Waals surface area contributed by atoms with Gasteiger partial charge in [-0.2, -0.15) is 0 Å². The van der Waals surface area contributed by atoms with Crippen molar-refractivity contribution in [3.63, 3.8) is 0 Å². The van der Waals surface area contributed by atoms with E-state index in [1.165, 1.54) is 5.56 Å². The summed E-state index contributed by atoms with van der Waals surface area (Å²) in [7, 11) is 1.86. The van der Waals surface area contributed by atoms with Crippen LogP contribution in [0.3, 0.4) is 0 Å². The second-order valence-corrected chi connectivity index (χ2v) is 4.87. The number of hydrogen-bond donors (Lipinski definition) is 1. The molecule has 2 unspecified atom stereocenters. The van der Waals surface area contributed by atoms with Crippen LogP contribution in [0.1, 0.15) is 18.9 Å². The van der Waals surface area contributed by atoms with Gasteiger partial charge in [0.05, 0.1) is 5.92 Å². The van der Waals surface area contributed by atoms with Crippen LogP contribution >= 0.6 is 0 Å². The summed E-state index contributed by atoms with van der Waals surface area (Å²) in [6.07, 6.45) is 0.941. The Kier molecular flexibility index (Phi) is 3.48. The molecule has 1 heterocycles. The van der Waals surface area contributed by atoms with Crippen molar-refractivity contribution >= 4 is 11.6 Å².